The van der Waals surface area contributed by atoms with Crippen LogP contribution < -0.4 is 5.43 Å². The molecule has 0 radical (unpaired) electrons. The van der Waals surface area contributed by atoms with Gasteiger partial charge in [-0.15, -0.1) is 0 Å². The number of nitrogens with one attached hydrogen (secondary N) is 1. The van der Waals surface area contributed by atoms with Gasteiger partial charge in [0.1, 0.15) is 5.15 Å². The maximum absolute atomic E-state index is 6.23. The fourth-order valence-electron chi connectivity index (χ4n) is 2.20. The minimum atomic E-state index is 0.426. The normalized spacial score (nSPS) is 11.3. The second-order valence-corrected chi connectivity index (χ2v) is 6.16. The molecule has 1 heterocycles. The van der Waals surface area contributed by atoms with Gasteiger partial charge in [0.2, 0.25) is 0 Å². The predicted octanol–water partition coefficient (Wildman–Crippen LogP) is 5.60. The number of rotatable bonds is 3. The number of hydrogen-bond donors (Lipinski definition) is 1. The topological polar surface area (TPSA) is 37.3 Å². The average Bonchev–Trinajstić information content (AvgIpc) is 2.51. The van der Waals surface area contributed by atoms with Gasteiger partial charge in [-0.3, -0.25) is 5.43 Å². The zero-order valence-corrected chi connectivity index (χ0v) is 14.3. The fourth-order valence-corrected chi connectivity index (χ4v) is 2.57. The van der Waals surface area contributed by atoms with E-state index in [1.54, 1.807) is 6.21 Å². The Morgan fingerprint density at radius 3 is 2.65 bits per heavy atom. The van der Waals surface area contributed by atoms with Crippen LogP contribution in [-0.2, 0) is 0 Å². The molecule has 0 aliphatic rings. The van der Waals surface area contributed by atoms with Crippen LogP contribution in [0.15, 0.2) is 47.6 Å². The van der Waals surface area contributed by atoms with Gasteiger partial charge in [-0.05, 0) is 49.2 Å². The number of aryl methyl sites for hydroxylation is 2. The molecule has 0 aliphatic heterocycles. The first-order valence-corrected chi connectivity index (χ1v) is 7.91. The molecule has 0 saturated carbocycles. The number of pyridine rings is 1. The lowest BCUT2D eigenvalue weighted by atomic mass is 10.1. The maximum Gasteiger partial charge on any atom is 0.138 e. The Labute approximate surface area is 145 Å². The van der Waals surface area contributed by atoms with E-state index >= 15 is 0 Å². The van der Waals surface area contributed by atoms with Crippen molar-refractivity contribution in [2.24, 2.45) is 5.10 Å². The first kappa shape index (κ1) is 15.8. The Morgan fingerprint density at radius 1 is 1.04 bits per heavy atom. The molecule has 116 valence electrons. The van der Waals surface area contributed by atoms with Gasteiger partial charge in [0.15, 0.2) is 0 Å². The Morgan fingerprint density at radius 2 is 1.87 bits per heavy atom. The smallest absolute Gasteiger partial charge is 0.138 e. The van der Waals surface area contributed by atoms with E-state index < -0.39 is 0 Å². The highest BCUT2D eigenvalue weighted by molar-refractivity contribution is 6.32. The Kier molecular flexibility index (Phi) is 4.51. The van der Waals surface area contributed by atoms with Crippen LogP contribution in [0.3, 0.4) is 0 Å². The van der Waals surface area contributed by atoms with Crippen molar-refractivity contribution in [1.29, 1.82) is 0 Å². The summed E-state index contributed by atoms with van der Waals surface area (Å²) in [6.07, 6.45) is 1.66. The van der Waals surface area contributed by atoms with Gasteiger partial charge in [0, 0.05) is 16.0 Å². The highest BCUT2D eigenvalue weighted by atomic mass is 35.5. The Balaban J connectivity index is 1.84. The molecule has 3 rings (SSSR count). The molecular formula is C18H15Cl2N3. The number of benzene rings is 2. The molecule has 0 aliphatic carbocycles. The molecule has 0 saturated heterocycles. The van der Waals surface area contributed by atoms with E-state index in [0.717, 1.165) is 33.3 Å². The van der Waals surface area contributed by atoms with E-state index in [4.69, 9.17) is 23.2 Å². The number of hydrogen-bond acceptors (Lipinski definition) is 3. The van der Waals surface area contributed by atoms with Gasteiger partial charge >= 0.3 is 0 Å². The summed E-state index contributed by atoms with van der Waals surface area (Å²) in [7, 11) is 0. The lowest BCUT2D eigenvalue weighted by molar-refractivity contribution is 1.33. The average molecular weight is 344 g/mol. The second-order valence-electron chi connectivity index (χ2n) is 5.40. The van der Waals surface area contributed by atoms with E-state index in [9.17, 15) is 0 Å². The van der Waals surface area contributed by atoms with Crippen molar-refractivity contribution >= 4 is 46.0 Å². The summed E-state index contributed by atoms with van der Waals surface area (Å²) in [5.74, 6) is 0. The van der Waals surface area contributed by atoms with Crippen LogP contribution in [0.4, 0.5) is 5.69 Å². The number of aromatic nitrogens is 1. The molecule has 1 N–H and O–H groups in total. The third kappa shape index (κ3) is 3.63. The van der Waals surface area contributed by atoms with E-state index in [0.29, 0.717) is 10.2 Å². The largest absolute Gasteiger partial charge is 0.278 e. The molecule has 3 aromatic rings. The third-order valence-electron chi connectivity index (χ3n) is 3.52. The molecule has 0 atom stereocenters. The highest BCUT2D eigenvalue weighted by Gasteiger charge is 2.03. The molecule has 0 unspecified atom stereocenters. The summed E-state index contributed by atoms with van der Waals surface area (Å²) in [6.45, 7) is 3.98. The molecular weight excluding hydrogens is 329 g/mol. The van der Waals surface area contributed by atoms with Crippen molar-refractivity contribution in [3.05, 3.63) is 69.3 Å². The molecule has 0 spiro atoms. The zero-order chi connectivity index (χ0) is 16.4. The van der Waals surface area contributed by atoms with Crippen molar-refractivity contribution in [3.8, 4) is 0 Å². The highest BCUT2D eigenvalue weighted by Crippen LogP contribution is 2.21. The van der Waals surface area contributed by atoms with Gasteiger partial charge in [0.25, 0.3) is 0 Å². The van der Waals surface area contributed by atoms with Crippen LogP contribution in [0.2, 0.25) is 10.2 Å². The summed E-state index contributed by atoms with van der Waals surface area (Å²) in [5, 5.41) is 6.36. The van der Waals surface area contributed by atoms with Crippen LogP contribution in [0.1, 0.15) is 16.7 Å². The van der Waals surface area contributed by atoms with E-state index in [2.05, 4.69) is 15.5 Å². The number of fused-ring (bicyclic) bond motifs is 1. The van der Waals surface area contributed by atoms with Crippen molar-refractivity contribution in [3.63, 3.8) is 0 Å². The molecule has 1 aromatic heterocycles. The molecule has 5 heteroatoms. The number of nitrogens with zero attached hydrogens (tertiary/aromatic N) is 2. The first-order chi connectivity index (χ1) is 11.0. The molecule has 0 fully saturated rings. The monoisotopic (exact) mass is 343 g/mol. The third-order valence-corrected chi connectivity index (χ3v) is 4.23. The second kappa shape index (κ2) is 6.57. The van der Waals surface area contributed by atoms with Crippen LogP contribution in [-0.4, -0.2) is 11.2 Å². The molecule has 0 bridgehead atoms. The lowest BCUT2D eigenvalue weighted by Gasteiger charge is -2.04. The fraction of sp³-hybridized carbons (Fsp3) is 0.111. The lowest BCUT2D eigenvalue weighted by Crippen LogP contribution is -1.94. The van der Waals surface area contributed by atoms with Crippen LogP contribution in [0.25, 0.3) is 10.9 Å². The number of halogens is 2. The van der Waals surface area contributed by atoms with Gasteiger partial charge in [-0.25, -0.2) is 4.98 Å². The number of hydrazone groups is 1. The summed E-state index contributed by atoms with van der Waals surface area (Å²) in [4.78, 5) is 4.41. The first-order valence-electron chi connectivity index (χ1n) is 7.15. The van der Waals surface area contributed by atoms with Crippen molar-refractivity contribution in [2.45, 2.75) is 13.8 Å². The SMILES string of the molecule is Cc1ccc2cc(/C=N/Nc3ccc(C)c(Cl)c3)c(Cl)nc2c1. The minimum absolute atomic E-state index is 0.426. The minimum Gasteiger partial charge on any atom is -0.278 e. The van der Waals surface area contributed by atoms with Crippen molar-refractivity contribution in [2.75, 3.05) is 5.43 Å². The molecule has 0 amide bonds. The summed E-state index contributed by atoms with van der Waals surface area (Å²) in [6, 6.07) is 13.7. The van der Waals surface area contributed by atoms with Gasteiger partial charge < -0.3 is 0 Å². The van der Waals surface area contributed by atoms with Gasteiger partial charge in [0.05, 0.1) is 17.4 Å². The standard InChI is InChI=1S/C18H15Cl2N3/c1-11-3-5-13-8-14(18(20)22-17(13)7-11)10-21-23-15-6-4-12(2)16(19)9-15/h3-10,23H,1-2H3/b21-10+. The van der Waals surface area contributed by atoms with Crippen molar-refractivity contribution in [1.82, 2.24) is 4.98 Å². The Hall–Kier alpha value is -2.10. The molecule has 23 heavy (non-hydrogen) atoms. The van der Waals surface area contributed by atoms with Crippen LogP contribution in [0, 0.1) is 13.8 Å². The summed E-state index contributed by atoms with van der Waals surface area (Å²) >= 11 is 12.3. The zero-order valence-electron chi connectivity index (χ0n) is 12.8. The Bertz CT molecular complexity index is 904. The van der Waals surface area contributed by atoms with Gasteiger partial charge in [-0.2, -0.15) is 5.10 Å². The summed E-state index contributed by atoms with van der Waals surface area (Å²) in [5.41, 5.74) is 7.58. The molecule has 3 nitrogen and oxygen atoms in total. The molecule has 2 aromatic carbocycles. The van der Waals surface area contributed by atoms with Crippen LogP contribution in [0.5, 0.6) is 0 Å². The maximum atomic E-state index is 6.23. The van der Waals surface area contributed by atoms with E-state index in [1.165, 1.54) is 0 Å². The van der Waals surface area contributed by atoms with Gasteiger partial charge in [-0.1, -0.05) is 41.4 Å². The van der Waals surface area contributed by atoms with Crippen molar-refractivity contribution < 1.29 is 0 Å². The van der Waals surface area contributed by atoms with E-state index in [1.807, 2.05) is 56.3 Å². The quantitative estimate of drug-likeness (QED) is 0.381. The van der Waals surface area contributed by atoms with Crippen LogP contribution >= 0.6 is 23.2 Å². The number of anilines is 1. The predicted molar refractivity (Wildman–Crippen MR) is 98.9 cm³/mol. The van der Waals surface area contributed by atoms with E-state index in [-0.39, 0.29) is 0 Å². The summed E-state index contributed by atoms with van der Waals surface area (Å²) < 4.78 is 0.